The number of fused-ring (bicyclic) bond motifs is 2. The van der Waals surface area contributed by atoms with Crippen molar-refractivity contribution in [1.29, 1.82) is 0 Å². The molecule has 1 saturated heterocycles. The lowest BCUT2D eigenvalue weighted by Gasteiger charge is -2.17. The Morgan fingerprint density at radius 3 is 3.23 bits per heavy atom. The number of benzene rings is 1. The van der Waals surface area contributed by atoms with Gasteiger partial charge in [0.25, 0.3) is 0 Å². The fourth-order valence-electron chi connectivity index (χ4n) is 2.03. The molecule has 0 amide bonds. The number of rotatable bonds is 0. The van der Waals surface area contributed by atoms with Crippen molar-refractivity contribution in [2.45, 2.75) is 18.9 Å². The van der Waals surface area contributed by atoms with Crippen LogP contribution in [0.1, 0.15) is 12.8 Å². The summed E-state index contributed by atoms with van der Waals surface area (Å²) in [5.41, 5.74) is 0. The van der Waals surface area contributed by atoms with Crippen molar-refractivity contribution in [2.24, 2.45) is 4.99 Å². The van der Waals surface area contributed by atoms with E-state index in [9.17, 15) is 0 Å². The van der Waals surface area contributed by atoms with E-state index >= 15 is 0 Å². The van der Waals surface area contributed by atoms with Gasteiger partial charge < -0.3 is 0 Å². The molecular formula is C11H11NS. The minimum Gasteiger partial charge on any atom is -0.276 e. The van der Waals surface area contributed by atoms with Crippen molar-refractivity contribution >= 4 is 16.7 Å². The predicted molar refractivity (Wildman–Crippen MR) is 56.1 cm³/mol. The second-order valence-corrected chi connectivity index (χ2v) is 4.65. The van der Waals surface area contributed by atoms with Gasteiger partial charge in [-0.2, -0.15) is 0 Å². The number of para-hydroxylation sites is 1. The summed E-state index contributed by atoms with van der Waals surface area (Å²) < 4.78 is 0. The normalized spacial score (nSPS) is 24.9. The molecule has 0 N–H and O–H groups in total. The number of hydrogen-bond acceptors (Lipinski definition) is 2. The summed E-state index contributed by atoms with van der Waals surface area (Å²) in [6.45, 7) is 0. The van der Waals surface area contributed by atoms with Crippen LogP contribution in [0.3, 0.4) is 0 Å². The molecule has 13 heavy (non-hydrogen) atoms. The standard InChI is InChI=1S/C11H11NS/c1-2-5-9-8(4-1)11-10(12-9)6-3-7-13-11/h1-2,4-5,10H,3,6-7H2. The number of nitrogens with zero attached hydrogens (tertiary/aromatic N) is 1. The summed E-state index contributed by atoms with van der Waals surface area (Å²) in [5.74, 6) is 1.27. The molecule has 66 valence electrons. The smallest absolute Gasteiger partial charge is 0.0821 e. The SMILES string of the molecule is c1ccc2c(c1)=NC1CCCSC=21. The number of hydrogen-bond donors (Lipinski definition) is 0. The van der Waals surface area contributed by atoms with E-state index in [4.69, 9.17) is 4.99 Å². The average molecular weight is 189 g/mol. The largest absolute Gasteiger partial charge is 0.276 e. The Labute approximate surface area is 81.6 Å². The van der Waals surface area contributed by atoms with Gasteiger partial charge in [0.2, 0.25) is 0 Å². The van der Waals surface area contributed by atoms with Gasteiger partial charge in [0.1, 0.15) is 0 Å². The molecule has 1 aromatic carbocycles. The molecule has 0 aromatic heterocycles. The highest BCUT2D eigenvalue weighted by molar-refractivity contribution is 8.08. The molecule has 1 fully saturated rings. The van der Waals surface area contributed by atoms with Crippen LogP contribution in [0.4, 0.5) is 0 Å². The van der Waals surface area contributed by atoms with Crippen molar-refractivity contribution in [1.82, 2.24) is 0 Å². The van der Waals surface area contributed by atoms with Crippen molar-refractivity contribution in [2.75, 3.05) is 5.75 Å². The van der Waals surface area contributed by atoms with E-state index in [1.807, 2.05) is 11.8 Å². The molecule has 0 aliphatic carbocycles. The van der Waals surface area contributed by atoms with E-state index < -0.39 is 0 Å². The average Bonchev–Trinajstić information content (AvgIpc) is 2.56. The first-order valence-electron chi connectivity index (χ1n) is 4.75. The van der Waals surface area contributed by atoms with Gasteiger partial charge in [0.15, 0.2) is 0 Å². The Hall–Kier alpha value is -0.760. The molecule has 2 heterocycles. The lowest BCUT2D eigenvalue weighted by Crippen LogP contribution is -2.22. The van der Waals surface area contributed by atoms with Crippen LogP contribution in [-0.2, 0) is 0 Å². The summed E-state index contributed by atoms with van der Waals surface area (Å²) in [4.78, 5) is 6.23. The molecule has 2 heteroatoms. The Bertz CT molecular complexity index is 449. The maximum Gasteiger partial charge on any atom is 0.0821 e. The maximum absolute atomic E-state index is 4.72. The Kier molecular flexibility index (Phi) is 1.69. The fourth-order valence-corrected chi connectivity index (χ4v) is 3.25. The summed E-state index contributed by atoms with van der Waals surface area (Å²) in [5, 5.41) is 2.59. The first-order valence-corrected chi connectivity index (χ1v) is 5.73. The highest BCUT2D eigenvalue weighted by atomic mass is 32.2. The van der Waals surface area contributed by atoms with Gasteiger partial charge in [-0.3, -0.25) is 4.99 Å². The highest BCUT2D eigenvalue weighted by Crippen LogP contribution is 2.32. The van der Waals surface area contributed by atoms with Crippen LogP contribution in [0, 0.1) is 0 Å². The zero-order valence-electron chi connectivity index (χ0n) is 7.36. The van der Waals surface area contributed by atoms with Crippen molar-refractivity contribution < 1.29 is 0 Å². The monoisotopic (exact) mass is 189 g/mol. The first kappa shape index (κ1) is 7.63. The van der Waals surface area contributed by atoms with Gasteiger partial charge in [-0.15, -0.1) is 11.8 Å². The molecule has 1 atom stereocenters. The van der Waals surface area contributed by atoms with E-state index in [1.54, 1.807) is 0 Å². The van der Waals surface area contributed by atoms with Crippen LogP contribution in [0.15, 0.2) is 29.3 Å². The van der Waals surface area contributed by atoms with Crippen LogP contribution >= 0.6 is 11.8 Å². The van der Waals surface area contributed by atoms with E-state index in [-0.39, 0.29) is 0 Å². The van der Waals surface area contributed by atoms with Gasteiger partial charge in [0.05, 0.1) is 11.4 Å². The Morgan fingerprint density at radius 2 is 2.23 bits per heavy atom. The van der Waals surface area contributed by atoms with Crippen LogP contribution in [-0.4, -0.2) is 11.8 Å². The van der Waals surface area contributed by atoms with Gasteiger partial charge >= 0.3 is 0 Å². The van der Waals surface area contributed by atoms with Crippen molar-refractivity contribution in [3.05, 3.63) is 34.8 Å². The maximum atomic E-state index is 4.72. The molecule has 2 aliphatic heterocycles. The molecule has 0 bridgehead atoms. The topological polar surface area (TPSA) is 12.4 Å². The molecule has 0 spiro atoms. The van der Waals surface area contributed by atoms with Gasteiger partial charge in [-0.25, -0.2) is 0 Å². The Balaban J connectivity index is 2.29. The molecule has 3 rings (SSSR count). The van der Waals surface area contributed by atoms with Gasteiger partial charge in [0, 0.05) is 10.1 Å². The van der Waals surface area contributed by atoms with Crippen molar-refractivity contribution in [3.63, 3.8) is 0 Å². The lowest BCUT2D eigenvalue weighted by atomic mass is 10.1. The second kappa shape index (κ2) is 2.88. The molecule has 2 aliphatic rings. The van der Waals surface area contributed by atoms with E-state index in [0.29, 0.717) is 6.04 Å². The number of thioether (sulfide) groups is 1. The minimum atomic E-state index is 0.496. The highest BCUT2D eigenvalue weighted by Gasteiger charge is 2.22. The third kappa shape index (κ3) is 1.12. The fraction of sp³-hybridized carbons (Fsp3) is 0.364. The molecule has 1 unspecified atom stereocenters. The lowest BCUT2D eigenvalue weighted by molar-refractivity contribution is 0.717. The molecule has 0 radical (unpaired) electrons. The summed E-state index contributed by atoms with van der Waals surface area (Å²) >= 11 is 2.00. The summed E-state index contributed by atoms with van der Waals surface area (Å²) in [7, 11) is 0. The second-order valence-electron chi connectivity index (χ2n) is 3.52. The third-order valence-corrected chi connectivity index (χ3v) is 3.94. The van der Waals surface area contributed by atoms with Crippen LogP contribution < -0.4 is 10.6 Å². The van der Waals surface area contributed by atoms with Crippen LogP contribution in [0.2, 0.25) is 0 Å². The van der Waals surface area contributed by atoms with E-state index in [0.717, 1.165) is 0 Å². The summed E-state index contributed by atoms with van der Waals surface area (Å²) in [6.07, 6.45) is 2.56. The van der Waals surface area contributed by atoms with Crippen LogP contribution in [0.5, 0.6) is 0 Å². The third-order valence-electron chi connectivity index (χ3n) is 2.65. The first-order chi connectivity index (χ1) is 6.45. The molecule has 0 saturated carbocycles. The zero-order chi connectivity index (χ0) is 8.67. The Morgan fingerprint density at radius 1 is 1.31 bits per heavy atom. The zero-order valence-corrected chi connectivity index (χ0v) is 8.18. The van der Waals surface area contributed by atoms with E-state index in [2.05, 4.69) is 24.3 Å². The quantitative estimate of drug-likeness (QED) is 0.599. The van der Waals surface area contributed by atoms with E-state index in [1.165, 1.54) is 34.1 Å². The summed E-state index contributed by atoms with van der Waals surface area (Å²) in [6, 6.07) is 9.01. The van der Waals surface area contributed by atoms with Crippen molar-refractivity contribution in [3.8, 4) is 0 Å². The van der Waals surface area contributed by atoms with Crippen LogP contribution in [0.25, 0.3) is 4.91 Å². The van der Waals surface area contributed by atoms with Gasteiger partial charge in [-0.05, 0) is 24.7 Å². The predicted octanol–water partition coefficient (Wildman–Crippen LogP) is 1.32. The molecular weight excluding hydrogens is 178 g/mol. The molecule has 1 aromatic rings. The van der Waals surface area contributed by atoms with Gasteiger partial charge in [-0.1, -0.05) is 18.2 Å². The molecule has 1 nitrogen and oxygen atoms in total. The minimum absolute atomic E-state index is 0.496.